The molecule has 1 aliphatic rings. The molecule has 174 valence electrons. The molecule has 0 aromatic heterocycles. The molecule has 32 heavy (non-hydrogen) atoms. The Kier molecular flexibility index (Phi) is 10.6. The number of nitrogens with one attached hydrogen (secondary N) is 1. The van der Waals surface area contributed by atoms with Crippen LogP contribution in [0.3, 0.4) is 0 Å². The average molecular weight is 553 g/mol. The molecule has 7 nitrogen and oxygen atoms in total. The zero-order chi connectivity index (χ0) is 22.1. The summed E-state index contributed by atoms with van der Waals surface area (Å²) in [5.74, 6) is 1.86. The number of carbonyl (C=O) groups excluding carboxylic acids is 1. The number of hydrogen-bond donors (Lipinski definition) is 1. The molecule has 1 saturated heterocycles. The maximum absolute atomic E-state index is 12.0. The highest BCUT2D eigenvalue weighted by atomic mass is 127. The van der Waals surface area contributed by atoms with Crippen molar-refractivity contribution in [2.45, 2.75) is 32.4 Å². The van der Waals surface area contributed by atoms with E-state index < -0.39 is 5.97 Å². The highest BCUT2D eigenvalue weighted by Gasteiger charge is 2.23. The van der Waals surface area contributed by atoms with E-state index in [4.69, 9.17) is 19.2 Å². The van der Waals surface area contributed by atoms with E-state index in [2.05, 4.69) is 17.1 Å². The van der Waals surface area contributed by atoms with Crippen molar-refractivity contribution in [1.82, 2.24) is 10.2 Å². The van der Waals surface area contributed by atoms with Crippen LogP contribution in [0.2, 0.25) is 0 Å². The molecule has 8 heteroatoms. The Balaban J connectivity index is 0.00000363. The SMILES string of the molecule is CCNC(=NCc1ccc(OC)c(C(=O)OC)c1)N1CCC(Oc2ccccc2)CC1.I. The third kappa shape index (κ3) is 7.01. The second kappa shape index (κ2) is 13.1. The van der Waals surface area contributed by atoms with Crippen LogP contribution < -0.4 is 14.8 Å². The van der Waals surface area contributed by atoms with E-state index in [0.717, 1.165) is 49.7 Å². The highest BCUT2D eigenvalue weighted by molar-refractivity contribution is 14.0. The van der Waals surface area contributed by atoms with Gasteiger partial charge in [0.1, 0.15) is 23.2 Å². The summed E-state index contributed by atoms with van der Waals surface area (Å²) in [7, 11) is 2.90. The van der Waals surface area contributed by atoms with Gasteiger partial charge in [-0.1, -0.05) is 24.3 Å². The fourth-order valence-corrected chi connectivity index (χ4v) is 3.59. The number of hydrogen-bond acceptors (Lipinski definition) is 5. The van der Waals surface area contributed by atoms with Crippen LogP contribution in [0, 0.1) is 0 Å². The van der Waals surface area contributed by atoms with Gasteiger partial charge in [-0.3, -0.25) is 0 Å². The Morgan fingerprint density at radius 2 is 1.84 bits per heavy atom. The van der Waals surface area contributed by atoms with Gasteiger partial charge in [-0.2, -0.15) is 0 Å². The zero-order valence-electron chi connectivity index (χ0n) is 18.9. The molecule has 0 amide bonds. The number of methoxy groups -OCH3 is 2. The second-order valence-electron chi connectivity index (χ2n) is 7.31. The van der Waals surface area contributed by atoms with E-state index in [-0.39, 0.29) is 30.1 Å². The van der Waals surface area contributed by atoms with Gasteiger partial charge in [0.05, 0.1) is 20.8 Å². The van der Waals surface area contributed by atoms with Gasteiger partial charge in [-0.15, -0.1) is 24.0 Å². The van der Waals surface area contributed by atoms with E-state index in [1.165, 1.54) is 14.2 Å². The van der Waals surface area contributed by atoms with Crippen molar-refractivity contribution >= 4 is 35.9 Å². The van der Waals surface area contributed by atoms with Crippen LogP contribution in [0.4, 0.5) is 0 Å². The summed E-state index contributed by atoms with van der Waals surface area (Å²) in [5.41, 5.74) is 1.32. The number of piperidine rings is 1. The summed E-state index contributed by atoms with van der Waals surface area (Å²) in [6.45, 7) is 5.05. The Morgan fingerprint density at radius 3 is 2.47 bits per heavy atom. The molecule has 1 N–H and O–H groups in total. The Hall–Kier alpha value is -2.49. The molecule has 2 aromatic rings. The standard InChI is InChI=1S/C24H31N3O4.HI/c1-4-25-24(26-17-18-10-11-22(29-2)21(16-18)23(28)30-3)27-14-12-20(13-15-27)31-19-8-6-5-7-9-19;/h5-11,16,20H,4,12-15,17H2,1-3H3,(H,25,26);1H. The maximum atomic E-state index is 12.0. The van der Waals surface area contributed by atoms with Crippen molar-refractivity contribution in [1.29, 1.82) is 0 Å². The minimum absolute atomic E-state index is 0. The number of esters is 1. The lowest BCUT2D eigenvalue weighted by Crippen LogP contribution is -2.47. The van der Waals surface area contributed by atoms with Gasteiger partial charge >= 0.3 is 5.97 Å². The molecule has 0 radical (unpaired) electrons. The number of rotatable bonds is 7. The number of nitrogens with zero attached hydrogens (tertiary/aromatic N) is 2. The predicted molar refractivity (Wildman–Crippen MR) is 136 cm³/mol. The van der Waals surface area contributed by atoms with Crippen LogP contribution in [0.5, 0.6) is 11.5 Å². The quantitative estimate of drug-likeness (QED) is 0.241. The average Bonchev–Trinajstić information content (AvgIpc) is 2.82. The minimum atomic E-state index is -0.421. The molecule has 0 aliphatic carbocycles. The molecule has 1 heterocycles. The number of para-hydroxylation sites is 1. The largest absolute Gasteiger partial charge is 0.496 e. The minimum Gasteiger partial charge on any atom is -0.496 e. The van der Waals surface area contributed by atoms with E-state index in [1.54, 1.807) is 12.1 Å². The van der Waals surface area contributed by atoms with Crippen LogP contribution in [-0.2, 0) is 11.3 Å². The first-order valence-corrected chi connectivity index (χ1v) is 10.6. The van der Waals surface area contributed by atoms with Crippen LogP contribution in [0.15, 0.2) is 53.5 Å². The third-order valence-corrected chi connectivity index (χ3v) is 5.20. The molecule has 0 saturated carbocycles. The number of ether oxygens (including phenoxy) is 3. The van der Waals surface area contributed by atoms with Crippen LogP contribution in [0.1, 0.15) is 35.7 Å². The van der Waals surface area contributed by atoms with Gasteiger partial charge in [0.2, 0.25) is 0 Å². The lowest BCUT2D eigenvalue weighted by Gasteiger charge is -2.34. The number of likely N-dealkylation sites (tertiary alicyclic amines) is 1. The van der Waals surface area contributed by atoms with E-state index in [9.17, 15) is 4.79 Å². The van der Waals surface area contributed by atoms with Crippen molar-refractivity contribution < 1.29 is 19.0 Å². The summed E-state index contributed by atoms with van der Waals surface area (Å²) < 4.78 is 16.2. The first kappa shape index (κ1) is 25.8. The predicted octanol–water partition coefficient (Wildman–Crippen LogP) is 4.11. The number of halogens is 1. The van der Waals surface area contributed by atoms with Gasteiger partial charge < -0.3 is 24.4 Å². The number of aliphatic imine (C=N–C) groups is 1. The number of guanidine groups is 1. The van der Waals surface area contributed by atoms with Gasteiger partial charge in [0.25, 0.3) is 0 Å². The van der Waals surface area contributed by atoms with Crippen molar-refractivity contribution in [3.05, 3.63) is 59.7 Å². The topological polar surface area (TPSA) is 72.4 Å². The van der Waals surface area contributed by atoms with Crippen LogP contribution >= 0.6 is 24.0 Å². The molecule has 0 unspecified atom stereocenters. The van der Waals surface area contributed by atoms with Gasteiger partial charge in [0, 0.05) is 32.5 Å². The number of carbonyl (C=O) groups is 1. The fourth-order valence-electron chi connectivity index (χ4n) is 3.59. The summed E-state index contributed by atoms with van der Waals surface area (Å²) in [6.07, 6.45) is 2.09. The van der Waals surface area contributed by atoms with Gasteiger partial charge in [-0.25, -0.2) is 9.79 Å². The fraction of sp³-hybridized carbons (Fsp3) is 0.417. The summed E-state index contributed by atoms with van der Waals surface area (Å²) in [5, 5.41) is 3.38. The Labute approximate surface area is 207 Å². The van der Waals surface area contributed by atoms with E-state index in [0.29, 0.717) is 17.9 Å². The zero-order valence-corrected chi connectivity index (χ0v) is 21.2. The first-order valence-electron chi connectivity index (χ1n) is 10.6. The van der Waals surface area contributed by atoms with Crippen molar-refractivity contribution in [2.75, 3.05) is 33.9 Å². The van der Waals surface area contributed by atoms with Crippen molar-refractivity contribution in [3.63, 3.8) is 0 Å². The smallest absolute Gasteiger partial charge is 0.341 e. The highest BCUT2D eigenvalue weighted by Crippen LogP contribution is 2.22. The molecular weight excluding hydrogens is 521 g/mol. The second-order valence-corrected chi connectivity index (χ2v) is 7.31. The lowest BCUT2D eigenvalue weighted by atomic mass is 10.1. The summed E-state index contributed by atoms with van der Waals surface area (Å²) in [6, 6.07) is 15.4. The Bertz CT molecular complexity index is 884. The van der Waals surface area contributed by atoms with E-state index in [1.807, 2.05) is 36.4 Å². The summed E-state index contributed by atoms with van der Waals surface area (Å²) in [4.78, 5) is 19.1. The van der Waals surface area contributed by atoms with Crippen molar-refractivity contribution in [2.24, 2.45) is 4.99 Å². The molecule has 0 bridgehead atoms. The normalized spacial score (nSPS) is 14.3. The Morgan fingerprint density at radius 1 is 1.12 bits per heavy atom. The third-order valence-electron chi connectivity index (χ3n) is 5.20. The molecule has 1 aliphatic heterocycles. The number of benzene rings is 2. The van der Waals surface area contributed by atoms with E-state index >= 15 is 0 Å². The monoisotopic (exact) mass is 553 g/mol. The maximum Gasteiger partial charge on any atom is 0.341 e. The van der Waals surface area contributed by atoms with Crippen molar-refractivity contribution in [3.8, 4) is 11.5 Å². The molecule has 3 rings (SSSR count). The van der Waals surface area contributed by atoms with Gasteiger partial charge in [0.15, 0.2) is 5.96 Å². The molecular formula is C24H32IN3O4. The molecule has 2 aromatic carbocycles. The van der Waals surface area contributed by atoms with Gasteiger partial charge in [-0.05, 0) is 36.8 Å². The van der Waals surface area contributed by atoms with Crippen LogP contribution in [0.25, 0.3) is 0 Å². The lowest BCUT2D eigenvalue weighted by molar-refractivity contribution is 0.0597. The summed E-state index contributed by atoms with van der Waals surface area (Å²) >= 11 is 0. The first-order chi connectivity index (χ1) is 15.1. The molecule has 1 fully saturated rings. The van der Waals surface area contributed by atoms with Crippen LogP contribution in [-0.4, -0.2) is 56.8 Å². The molecule has 0 spiro atoms. The molecule has 0 atom stereocenters.